The van der Waals surface area contributed by atoms with Crippen LogP contribution in [0, 0.1) is 0 Å². The van der Waals surface area contributed by atoms with Crippen molar-refractivity contribution in [3.63, 3.8) is 0 Å². The Balaban J connectivity index is 1.07. The lowest BCUT2D eigenvalue weighted by Crippen LogP contribution is -2.10. The molecule has 3 heteroatoms. The fourth-order valence-electron chi connectivity index (χ4n) is 8.29. The number of nitrogens with zero attached hydrogens (tertiary/aromatic N) is 1. The second-order valence-electron chi connectivity index (χ2n) is 14.1. The van der Waals surface area contributed by atoms with Gasteiger partial charge in [0, 0.05) is 53.6 Å². The maximum absolute atomic E-state index is 6.44. The summed E-state index contributed by atoms with van der Waals surface area (Å²) < 4.78 is 9.06. The van der Waals surface area contributed by atoms with E-state index in [1.54, 1.807) is 0 Å². The summed E-state index contributed by atoms with van der Waals surface area (Å²) in [4.78, 5) is 2.38. The predicted molar refractivity (Wildman–Crippen MR) is 235 cm³/mol. The van der Waals surface area contributed by atoms with Crippen molar-refractivity contribution >= 4 is 81.3 Å². The lowest BCUT2D eigenvalue weighted by Gasteiger charge is -2.27. The first-order chi connectivity index (χ1) is 27.3. The number of furan rings is 1. The van der Waals surface area contributed by atoms with Gasteiger partial charge >= 0.3 is 0 Å². The summed E-state index contributed by atoms with van der Waals surface area (Å²) in [7, 11) is 0. The number of para-hydroxylation sites is 2. The third-order valence-corrected chi connectivity index (χ3v) is 12.1. The van der Waals surface area contributed by atoms with Crippen LogP contribution in [0.25, 0.3) is 86.3 Å². The molecule has 0 bridgehead atoms. The van der Waals surface area contributed by atoms with Crippen LogP contribution in [0.5, 0.6) is 0 Å². The standard InChI is InChI=1S/C52H33NOS/c1-2-18-41-34(12-1)13-9-21-42(41)36-14-7-16-39(32-36)53(38-30-28-35(29-31-38)43-22-10-24-47-45-19-3-5-26-49(45)54-51(43)47)40-17-8-15-37(33-40)44-23-11-25-48-46-20-4-6-27-50(46)55-52(44)48/h1-33H. The minimum atomic E-state index is 0.907. The molecule has 0 aliphatic heterocycles. The molecule has 55 heavy (non-hydrogen) atoms. The van der Waals surface area contributed by atoms with Crippen molar-refractivity contribution in [2.45, 2.75) is 0 Å². The molecule has 0 atom stereocenters. The monoisotopic (exact) mass is 719 g/mol. The highest BCUT2D eigenvalue weighted by atomic mass is 32.1. The van der Waals surface area contributed by atoms with E-state index in [0.717, 1.165) is 50.1 Å². The van der Waals surface area contributed by atoms with Gasteiger partial charge in [-0.25, -0.2) is 0 Å². The Kier molecular flexibility index (Phi) is 7.39. The summed E-state index contributed by atoms with van der Waals surface area (Å²) in [6.07, 6.45) is 0. The van der Waals surface area contributed by atoms with Gasteiger partial charge < -0.3 is 9.32 Å². The summed E-state index contributed by atoms with van der Waals surface area (Å²) in [5.41, 5.74) is 12.1. The van der Waals surface area contributed by atoms with Crippen LogP contribution in [0.3, 0.4) is 0 Å². The van der Waals surface area contributed by atoms with E-state index in [2.05, 4.69) is 193 Å². The van der Waals surface area contributed by atoms with Crippen LogP contribution in [0.4, 0.5) is 17.1 Å². The van der Waals surface area contributed by atoms with E-state index >= 15 is 0 Å². The second kappa shape index (κ2) is 12.9. The molecule has 0 fully saturated rings. The minimum Gasteiger partial charge on any atom is -0.455 e. The number of anilines is 3. The van der Waals surface area contributed by atoms with Gasteiger partial charge in [-0.1, -0.05) is 152 Å². The first-order valence-corrected chi connectivity index (χ1v) is 19.5. The van der Waals surface area contributed by atoms with E-state index in [9.17, 15) is 0 Å². The Hall–Kier alpha value is -6.94. The van der Waals surface area contributed by atoms with Crippen LogP contribution in [-0.4, -0.2) is 0 Å². The number of rotatable bonds is 6. The number of fused-ring (bicyclic) bond motifs is 7. The molecule has 0 aliphatic carbocycles. The van der Waals surface area contributed by atoms with Crippen LogP contribution >= 0.6 is 11.3 Å². The molecule has 0 saturated carbocycles. The Labute approximate surface area is 322 Å². The predicted octanol–water partition coefficient (Wildman–Crippen LogP) is 15.6. The molecule has 0 N–H and O–H groups in total. The molecule has 0 amide bonds. The minimum absolute atomic E-state index is 0.907. The Morgan fingerprint density at radius 2 is 0.945 bits per heavy atom. The van der Waals surface area contributed by atoms with Crippen molar-refractivity contribution in [1.82, 2.24) is 0 Å². The Morgan fingerprint density at radius 1 is 0.364 bits per heavy atom. The largest absolute Gasteiger partial charge is 0.455 e. The summed E-state index contributed by atoms with van der Waals surface area (Å²) >= 11 is 1.87. The van der Waals surface area contributed by atoms with Gasteiger partial charge in [0.1, 0.15) is 11.2 Å². The van der Waals surface area contributed by atoms with E-state index in [-0.39, 0.29) is 0 Å². The first-order valence-electron chi connectivity index (χ1n) is 18.7. The molecular weight excluding hydrogens is 687 g/mol. The van der Waals surface area contributed by atoms with E-state index in [4.69, 9.17) is 4.42 Å². The van der Waals surface area contributed by atoms with Crippen LogP contribution in [-0.2, 0) is 0 Å². The zero-order valence-electron chi connectivity index (χ0n) is 29.8. The maximum Gasteiger partial charge on any atom is 0.143 e. The average molecular weight is 720 g/mol. The van der Waals surface area contributed by atoms with Crippen LogP contribution in [0.2, 0.25) is 0 Å². The lowest BCUT2D eigenvalue weighted by atomic mass is 9.97. The fourth-order valence-corrected chi connectivity index (χ4v) is 9.53. The van der Waals surface area contributed by atoms with Crippen molar-refractivity contribution in [2.75, 3.05) is 4.90 Å². The van der Waals surface area contributed by atoms with Crippen molar-refractivity contribution in [2.24, 2.45) is 0 Å². The molecule has 0 spiro atoms. The molecule has 2 aromatic heterocycles. The van der Waals surface area contributed by atoms with Crippen LogP contribution in [0.15, 0.2) is 205 Å². The number of hydrogen-bond donors (Lipinski definition) is 0. The zero-order chi connectivity index (χ0) is 36.3. The quantitative estimate of drug-likeness (QED) is 0.170. The van der Waals surface area contributed by atoms with Crippen LogP contribution < -0.4 is 4.90 Å². The molecule has 11 aromatic rings. The topological polar surface area (TPSA) is 16.4 Å². The molecule has 11 rings (SSSR count). The number of benzene rings is 9. The number of hydrogen-bond acceptors (Lipinski definition) is 3. The Morgan fingerprint density at radius 3 is 1.76 bits per heavy atom. The van der Waals surface area contributed by atoms with Crippen molar-refractivity contribution in [1.29, 1.82) is 0 Å². The van der Waals surface area contributed by atoms with Crippen molar-refractivity contribution in [3.8, 4) is 33.4 Å². The highest BCUT2D eigenvalue weighted by Crippen LogP contribution is 2.44. The second-order valence-corrected chi connectivity index (χ2v) is 15.1. The Bertz CT molecular complexity index is 3220. The highest BCUT2D eigenvalue weighted by Gasteiger charge is 2.18. The third-order valence-electron chi connectivity index (χ3n) is 10.9. The maximum atomic E-state index is 6.44. The highest BCUT2D eigenvalue weighted by molar-refractivity contribution is 7.26. The molecular formula is C52H33NOS. The van der Waals surface area contributed by atoms with E-state index < -0.39 is 0 Å². The summed E-state index contributed by atoms with van der Waals surface area (Å²) in [5, 5.41) is 7.37. The summed E-state index contributed by atoms with van der Waals surface area (Å²) in [5.74, 6) is 0. The normalized spacial score (nSPS) is 11.6. The lowest BCUT2D eigenvalue weighted by molar-refractivity contribution is 0.670. The van der Waals surface area contributed by atoms with E-state index in [1.165, 1.54) is 53.2 Å². The third kappa shape index (κ3) is 5.32. The number of thiophene rings is 1. The molecule has 2 nitrogen and oxygen atoms in total. The SMILES string of the molecule is c1cc(-c2cccc3ccccc23)cc(N(c2ccc(-c3cccc4c3oc3ccccc34)cc2)c2cccc(-c3cccc4c3sc3ccccc34)c2)c1. The summed E-state index contributed by atoms with van der Waals surface area (Å²) in [6, 6.07) is 72.2. The molecule has 2 heterocycles. The van der Waals surface area contributed by atoms with E-state index in [0.29, 0.717) is 0 Å². The first kappa shape index (κ1) is 31.6. The van der Waals surface area contributed by atoms with Crippen molar-refractivity contribution < 1.29 is 4.42 Å². The molecule has 0 radical (unpaired) electrons. The molecule has 9 aromatic carbocycles. The van der Waals surface area contributed by atoms with Gasteiger partial charge in [-0.2, -0.15) is 0 Å². The zero-order valence-corrected chi connectivity index (χ0v) is 30.6. The average Bonchev–Trinajstić information content (AvgIpc) is 3.83. The molecule has 258 valence electrons. The molecule has 0 saturated heterocycles. The van der Waals surface area contributed by atoms with Gasteiger partial charge in [0.2, 0.25) is 0 Å². The van der Waals surface area contributed by atoms with Crippen molar-refractivity contribution in [3.05, 3.63) is 200 Å². The molecule has 0 aliphatic rings. The van der Waals surface area contributed by atoms with Gasteiger partial charge in [-0.3, -0.25) is 0 Å². The molecule has 0 unspecified atom stereocenters. The van der Waals surface area contributed by atoms with Gasteiger partial charge in [0.25, 0.3) is 0 Å². The van der Waals surface area contributed by atoms with Gasteiger partial charge in [0.15, 0.2) is 0 Å². The van der Waals surface area contributed by atoms with E-state index in [1.807, 2.05) is 23.5 Å². The smallest absolute Gasteiger partial charge is 0.143 e. The van der Waals surface area contributed by atoms with Crippen LogP contribution in [0.1, 0.15) is 0 Å². The summed E-state index contributed by atoms with van der Waals surface area (Å²) in [6.45, 7) is 0. The van der Waals surface area contributed by atoms with Gasteiger partial charge in [-0.15, -0.1) is 11.3 Å². The van der Waals surface area contributed by atoms with Gasteiger partial charge in [-0.05, 0) is 87.1 Å². The van der Waals surface area contributed by atoms with Gasteiger partial charge in [0.05, 0.1) is 0 Å². The fraction of sp³-hybridized carbons (Fsp3) is 0.